The fraction of sp³-hybridized carbons (Fsp3) is 0.545. The number of nitrogens with zero attached hydrogens (tertiary/aromatic N) is 1. The van der Waals surface area contributed by atoms with Crippen molar-refractivity contribution >= 4 is 0 Å². The lowest BCUT2D eigenvalue weighted by Crippen LogP contribution is -2.18. The van der Waals surface area contributed by atoms with Crippen molar-refractivity contribution in [3.05, 3.63) is 29.6 Å². The number of rotatable bonds is 5. The zero-order valence-corrected chi connectivity index (χ0v) is 9.14. The average Bonchev–Trinajstić information content (AvgIpc) is 2.18. The molecule has 0 saturated carbocycles. The largest absolute Gasteiger partial charge is 0.389 e. The number of hydrogen-bond donors (Lipinski definition) is 1. The van der Waals surface area contributed by atoms with Gasteiger partial charge in [0.2, 0.25) is 0 Å². The number of hydrogen-bond acceptors (Lipinski definition) is 2. The maximum atomic E-state index is 11.8. The molecule has 1 N–H and O–H groups in total. The SMILES string of the molecule is Cc1cnccc1CNCCCC(F)(F)F. The Bertz CT molecular complexity index is 323. The van der Waals surface area contributed by atoms with Gasteiger partial charge >= 0.3 is 6.18 Å². The van der Waals surface area contributed by atoms with E-state index in [0.717, 1.165) is 11.1 Å². The van der Waals surface area contributed by atoms with Crippen molar-refractivity contribution in [1.29, 1.82) is 0 Å². The third kappa shape index (κ3) is 5.11. The van der Waals surface area contributed by atoms with Gasteiger partial charge in [-0.25, -0.2) is 0 Å². The highest BCUT2D eigenvalue weighted by atomic mass is 19.4. The average molecular weight is 232 g/mol. The highest BCUT2D eigenvalue weighted by Crippen LogP contribution is 2.20. The molecule has 1 aromatic heterocycles. The topological polar surface area (TPSA) is 24.9 Å². The van der Waals surface area contributed by atoms with E-state index in [1.807, 2.05) is 13.0 Å². The second kappa shape index (κ2) is 5.84. The second-order valence-electron chi connectivity index (χ2n) is 3.70. The Kier molecular flexibility index (Phi) is 4.73. The predicted octanol–water partition coefficient (Wildman–Crippen LogP) is 2.82. The van der Waals surface area contributed by atoms with Crippen molar-refractivity contribution < 1.29 is 13.2 Å². The number of nitrogens with one attached hydrogen (secondary N) is 1. The van der Waals surface area contributed by atoms with Crippen molar-refractivity contribution in [1.82, 2.24) is 10.3 Å². The molecule has 0 unspecified atom stereocenters. The minimum absolute atomic E-state index is 0.119. The van der Waals surface area contributed by atoms with Gasteiger partial charge in [-0.1, -0.05) is 0 Å². The van der Waals surface area contributed by atoms with Gasteiger partial charge in [-0.3, -0.25) is 4.98 Å². The Hall–Kier alpha value is -1.10. The summed E-state index contributed by atoms with van der Waals surface area (Å²) >= 11 is 0. The first-order valence-corrected chi connectivity index (χ1v) is 5.16. The molecule has 0 aliphatic carbocycles. The molecule has 2 nitrogen and oxygen atoms in total. The van der Waals surface area contributed by atoms with Gasteiger partial charge in [0.05, 0.1) is 0 Å². The smallest absolute Gasteiger partial charge is 0.313 e. The quantitative estimate of drug-likeness (QED) is 0.789. The minimum Gasteiger partial charge on any atom is -0.313 e. The van der Waals surface area contributed by atoms with Crippen LogP contribution in [0, 0.1) is 6.92 Å². The van der Waals surface area contributed by atoms with Crippen molar-refractivity contribution in [2.75, 3.05) is 6.54 Å². The number of aromatic nitrogens is 1. The van der Waals surface area contributed by atoms with Crippen LogP contribution in [-0.2, 0) is 6.54 Å². The van der Waals surface area contributed by atoms with E-state index in [2.05, 4.69) is 10.3 Å². The normalized spacial score (nSPS) is 11.8. The summed E-state index contributed by atoms with van der Waals surface area (Å²) in [6, 6.07) is 1.87. The third-order valence-electron chi connectivity index (χ3n) is 2.27. The van der Waals surface area contributed by atoms with E-state index in [0.29, 0.717) is 13.1 Å². The summed E-state index contributed by atoms with van der Waals surface area (Å²) in [6.45, 7) is 2.90. The molecule has 1 heterocycles. The molecule has 0 saturated heterocycles. The molecule has 1 rings (SSSR count). The van der Waals surface area contributed by atoms with Crippen LogP contribution >= 0.6 is 0 Å². The molecule has 5 heteroatoms. The molecule has 0 aliphatic heterocycles. The molecule has 0 bridgehead atoms. The summed E-state index contributed by atoms with van der Waals surface area (Å²) in [5.74, 6) is 0. The van der Waals surface area contributed by atoms with Gasteiger partial charge in [0.15, 0.2) is 0 Å². The van der Waals surface area contributed by atoms with Crippen LogP contribution in [0.15, 0.2) is 18.5 Å². The highest BCUT2D eigenvalue weighted by Gasteiger charge is 2.25. The Balaban J connectivity index is 2.19. The summed E-state index contributed by atoms with van der Waals surface area (Å²) in [6.07, 6.45) is -1.23. The number of halogens is 3. The summed E-state index contributed by atoms with van der Waals surface area (Å²) in [5.41, 5.74) is 2.12. The molecule has 0 radical (unpaired) electrons. The van der Waals surface area contributed by atoms with Gasteiger partial charge in [-0.2, -0.15) is 13.2 Å². The van der Waals surface area contributed by atoms with Crippen molar-refractivity contribution in [2.24, 2.45) is 0 Å². The molecule has 0 aliphatic rings. The zero-order chi connectivity index (χ0) is 12.0. The fourth-order valence-corrected chi connectivity index (χ4v) is 1.34. The van der Waals surface area contributed by atoms with Crippen molar-refractivity contribution in [3.63, 3.8) is 0 Å². The lowest BCUT2D eigenvalue weighted by molar-refractivity contribution is -0.135. The van der Waals surface area contributed by atoms with E-state index < -0.39 is 12.6 Å². The van der Waals surface area contributed by atoms with E-state index in [9.17, 15) is 13.2 Å². The minimum atomic E-state index is -4.05. The van der Waals surface area contributed by atoms with Crippen LogP contribution in [0.1, 0.15) is 24.0 Å². The zero-order valence-electron chi connectivity index (χ0n) is 9.14. The Morgan fingerprint density at radius 1 is 1.38 bits per heavy atom. The van der Waals surface area contributed by atoms with Gasteiger partial charge in [0, 0.05) is 25.4 Å². The Morgan fingerprint density at radius 3 is 2.75 bits per heavy atom. The Labute approximate surface area is 92.9 Å². The maximum Gasteiger partial charge on any atom is 0.389 e. The van der Waals surface area contributed by atoms with Crippen LogP contribution in [-0.4, -0.2) is 17.7 Å². The molecule has 16 heavy (non-hydrogen) atoms. The fourth-order valence-electron chi connectivity index (χ4n) is 1.34. The summed E-state index contributed by atoms with van der Waals surface area (Å²) in [5, 5.41) is 2.99. The van der Waals surface area contributed by atoms with Gasteiger partial charge in [0.25, 0.3) is 0 Å². The molecule has 0 spiro atoms. The lowest BCUT2D eigenvalue weighted by atomic mass is 10.1. The number of aryl methyl sites for hydroxylation is 1. The first kappa shape index (κ1) is 13.0. The van der Waals surface area contributed by atoms with E-state index in [1.165, 1.54) is 0 Å². The van der Waals surface area contributed by atoms with E-state index in [4.69, 9.17) is 0 Å². The van der Waals surface area contributed by atoms with Crippen molar-refractivity contribution in [3.8, 4) is 0 Å². The van der Waals surface area contributed by atoms with E-state index in [1.54, 1.807) is 12.4 Å². The summed E-state index contributed by atoms with van der Waals surface area (Å²) in [4.78, 5) is 3.95. The van der Waals surface area contributed by atoms with E-state index >= 15 is 0 Å². The van der Waals surface area contributed by atoms with Crippen molar-refractivity contribution in [2.45, 2.75) is 32.5 Å². The van der Waals surface area contributed by atoms with Crippen LogP contribution < -0.4 is 5.32 Å². The molecular formula is C11H15F3N2. The predicted molar refractivity (Wildman–Crippen MR) is 56.0 cm³/mol. The van der Waals surface area contributed by atoms with Crippen LogP contribution in [0.4, 0.5) is 13.2 Å². The molecule has 0 atom stereocenters. The van der Waals surface area contributed by atoms with Gasteiger partial charge in [-0.05, 0) is 37.1 Å². The van der Waals surface area contributed by atoms with Gasteiger partial charge in [0.1, 0.15) is 0 Å². The maximum absolute atomic E-state index is 11.8. The Morgan fingerprint density at radius 2 is 2.12 bits per heavy atom. The molecular weight excluding hydrogens is 217 g/mol. The van der Waals surface area contributed by atoms with Gasteiger partial charge in [-0.15, -0.1) is 0 Å². The van der Waals surface area contributed by atoms with Crippen LogP contribution in [0.5, 0.6) is 0 Å². The van der Waals surface area contributed by atoms with Gasteiger partial charge < -0.3 is 5.32 Å². The number of pyridine rings is 1. The highest BCUT2D eigenvalue weighted by molar-refractivity contribution is 5.20. The molecule has 1 aromatic rings. The first-order valence-electron chi connectivity index (χ1n) is 5.16. The second-order valence-corrected chi connectivity index (χ2v) is 3.70. The van der Waals surface area contributed by atoms with Crippen LogP contribution in [0.25, 0.3) is 0 Å². The van der Waals surface area contributed by atoms with Crippen LogP contribution in [0.3, 0.4) is 0 Å². The first-order chi connectivity index (χ1) is 7.49. The molecule has 0 fully saturated rings. The summed E-state index contributed by atoms with van der Waals surface area (Å²) in [7, 11) is 0. The van der Waals surface area contributed by atoms with Crippen LogP contribution in [0.2, 0.25) is 0 Å². The monoisotopic (exact) mass is 232 g/mol. The lowest BCUT2D eigenvalue weighted by Gasteiger charge is -2.08. The molecule has 90 valence electrons. The third-order valence-corrected chi connectivity index (χ3v) is 2.27. The number of alkyl halides is 3. The molecule has 0 amide bonds. The van der Waals surface area contributed by atoms with E-state index in [-0.39, 0.29) is 6.42 Å². The summed E-state index contributed by atoms with van der Waals surface area (Å²) < 4.78 is 35.5. The molecule has 0 aromatic carbocycles. The standard InChI is InChI=1S/C11H15F3N2/c1-9-7-16-6-3-10(9)8-15-5-2-4-11(12,13)14/h3,6-7,15H,2,4-5,8H2,1H3.